The van der Waals surface area contributed by atoms with Crippen LogP contribution in [0, 0.1) is 0 Å². The monoisotopic (exact) mass is 247 g/mol. The van der Waals surface area contributed by atoms with E-state index in [0.717, 1.165) is 5.75 Å². The van der Waals surface area contributed by atoms with Crippen molar-refractivity contribution in [3.63, 3.8) is 0 Å². The minimum absolute atomic E-state index is 0.182. The highest BCUT2D eigenvalue weighted by atomic mass is 32.2. The van der Waals surface area contributed by atoms with Crippen molar-refractivity contribution in [2.45, 2.75) is 17.2 Å². The first-order chi connectivity index (χ1) is 7.10. The summed E-state index contributed by atoms with van der Waals surface area (Å²) in [4.78, 5) is 6.38. The van der Waals surface area contributed by atoms with Crippen molar-refractivity contribution < 1.29 is 8.42 Å². The quantitative estimate of drug-likeness (QED) is 0.828. The molecule has 1 aliphatic rings. The van der Waals surface area contributed by atoms with Gasteiger partial charge < -0.3 is 4.98 Å². The highest BCUT2D eigenvalue weighted by molar-refractivity contribution is 8.00. The Bertz CT molecular complexity index is 415. The van der Waals surface area contributed by atoms with Gasteiger partial charge in [-0.05, 0) is 0 Å². The van der Waals surface area contributed by atoms with Crippen molar-refractivity contribution in [3.05, 3.63) is 12.5 Å². The third-order valence-electron chi connectivity index (χ3n) is 2.29. The molecule has 84 valence electrons. The molecule has 5 nitrogen and oxygen atoms in total. The second kappa shape index (κ2) is 4.15. The molecule has 0 amide bonds. The van der Waals surface area contributed by atoms with E-state index in [0.29, 0.717) is 18.3 Å². The normalized spacial score (nSPS) is 24.2. The maximum Gasteiger partial charge on any atom is 0.260 e. The second-order valence-corrected chi connectivity index (χ2v) is 6.91. The fraction of sp³-hybridized carbons (Fsp3) is 0.625. The van der Waals surface area contributed by atoms with Gasteiger partial charge in [0.05, 0.1) is 12.5 Å². The van der Waals surface area contributed by atoms with Crippen LogP contribution in [-0.4, -0.2) is 46.8 Å². The van der Waals surface area contributed by atoms with E-state index in [1.54, 1.807) is 11.8 Å². The summed E-state index contributed by atoms with van der Waals surface area (Å²) in [5.74, 6) is 0.856. The number of hydrogen-bond acceptors (Lipinski definition) is 4. The van der Waals surface area contributed by atoms with Crippen LogP contribution in [0.1, 0.15) is 6.92 Å². The standard InChI is InChI=1S/C8H13N3O2S2/c1-7-5-11(2-3-14-7)15(12,13)8-4-9-6-10-8/h4,6-7H,2-3,5H2,1H3,(H,9,10). The van der Waals surface area contributed by atoms with Crippen LogP contribution in [0.4, 0.5) is 0 Å². The van der Waals surface area contributed by atoms with Gasteiger partial charge in [-0.1, -0.05) is 6.92 Å². The lowest BCUT2D eigenvalue weighted by atomic mass is 10.4. The van der Waals surface area contributed by atoms with Gasteiger partial charge in [-0.25, -0.2) is 13.4 Å². The number of nitrogens with one attached hydrogen (secondary N) is 1. The van der Waals surface area contributed by atoms with Gasteiger partial charge in [0.25, 0.3) is 10.0 Å². The number of hydrogen-bond donors (Lipinski definition) is 1. The van der Waals surface area contributed by atoms with Crippen molar-refractivity contribution >= 4 is 21.8 Å². The van der Waals surface area contributed by atoms with E-state index in [1.807, 2.05) is 6.92 Å². The fourth-order valence-electron chi connectivity index (χ4n) is 1.53. The molecule has 0 radical (unpaired) electrons. The van der Waals surface area contributed by atoms with Gasteiger partial charge in [0.15, 0.2) is 5.03 Å². The minimum atomic E-state index is -3.35. The third-order valence-corrected chi connectivity index (χ3v) is 5.22. The lowest BCUT2D eigenvalue weighted by Crippen LogP contribution is -2.41. The van der Waals surface area contributed by atoms with Crippen LogP contribution in [-0.2, 0) is 10.0 Å². The summed E-state index contributed by atoms with van der Waals surface area (Å²) in [5.41, 5.74) is 0. The summed E-state index contributed by atoms with van der Waals surface area (Å²) in [7, 11) is -3.35. The van der Waals surface area contributed by atoms with E-state index in [2.05, 4.69) is 9.97 Å². The average molecular weight is 247 g/mol. The van der Waals surface area contributed by atoms with Crippen molar-refractivity contribution in [2.24, 2.45) is 0 Å². The SMILES string of the molecule is CC1CN(S(=O)(=O)c2cnc[nH]2)CCS1. The van der Waals surface area contributed by atoms with Gasteiger partial charge in [0.2, 0.25) is 0 Å². The van der Waals surface area contributed by atoms with Crippen molar-refractivity contribution in [3.8, 4) is 0 Å². The molecule has 2 heterocycles. The molecule has 0 bridgehead atoms. The fourth-order valence-corrected chi connectivity index (χ4v) is 4.18. The predicted molar refractivity (Wildman–Crippen MR) is 59.3 cm³/mol. The summed E-state index contributed by atoms with van der Waals surface area (Å²) in [6.45, 7) is 3.20. The van der Waals surface area contributed by atoms with Crippen LogP contribution in [0.25, 0.3) is 0 Å². The summed E-state index contributed by atoms with van der Waals surface area (Å²) in [5, 5.41) is 0.540. The minimum Gasteiger partial charge on any atom is -0.335 e. The molecule has 1 atom stereocenters. The number of nitrogens with zero attached hydrogens (tertiary/aromatic N) is 2. The highest BCUT2D eigenvalue weighted by Crippen LogP contribution is 2.22. The van der Waals surface area contributed by atoms with Crippen LogP contribution < -0.4 is 0 Å². The summed E-state index contributed by atoms with van der Waals surface area (Å²) >= 11 is 1.80. The molecule has 0 aromatic carbocycles. The molecule has 1 N–H and O–H groups in total. The molecule has 1 aromatic heterocycles. The molecule has 7 heteroatoms. The molecular formula is C8H13N3O2S2. The van der Waals surface area contributed by atoms with Gasteiger partial charge in [0, 0.05) is 24.1 Å². The molecule has 0 aliphatic carbocycles. The van der Waals surface area contributed by atoms with Gasteiger partial charge >= 0.3 is 0 Å². The Hall–Kier alpha value is -0.530. The molecule has 2 rings (SSSR count). The Morgan fingerprint density at radius 1 is 1.67 bits per heavy atom. The van der Waals surface area contributed by atoms with Crippen molar-refractivity contribution in [1.29, 1.82) is 0 Å². The van der Waals surface area contributed by atoms with Gasteiger partial charge in [-0.2, -0.15) is 16.1 Å². The number of rotatable bonds is 2. The van der Waals surface area contributed by atoms with Crippen LogP contribution in [0.15, 0.2) is 17.6 Å². The molecule has 1 aromatic rings. The number of aromatic amines is 1. The van der Waals surface area contributed by atoms with Crippen LogP contribution in [0.5, 0.6) is 0 Å². The maximum absolute atomic E-state index is 12.0. The molecular weight excluding hydrogens is 234 g/mol. The first-order valence-corrected chi connectivity index (χ1v) is 7.20. The van der Waals surface area contributed by atoms with Crippen LogP contribution in [0.2, 0.25) is 0 Å². The van der Waals surface area contributed by atoms with E-state index in [-0.39, 0.29) is 5.03 Å². The second-order valence-electron chi connectivity index (χ2n) is 3.46. The third kappa shape index (κ3) is 2.19. The number of sulfonamides is 1. The molecule has 15 heavy (non-hydrogen) atoms. The molecule has 0 spiro atoms. The predicted octanol–water partition coefficient (Wildman–Crippen LogP) is 0.536. The van der Waals surface area contributed by atoms with Gasteiger partial charge in [0.1, 0.15) is 0 Å². The number of thioether (sulfide) groups is 1. The Morgan fingerprint density at radius 2 is 2.47 bits per heavy atom. The Balaban J connectivity index is 2.22. The van der Waals surface area contributed by atoms with Crippen molar-refractivity contribution in [2.75, 3.05) is 18.8 Å². The van der Waals surface area contributed by atoms with E-state index >= 15 is 0 Å². The molecule has 0 saturated carbocycles. The Morgan fingerprint density at radius 3 is 3.07 bits per heavy atom. The van der Waals surface area contributed by atoms with E-state index in [9.17, 15) is 8.42 Å². The summed E-state index contributed by atoms with van der Waals surface area (Å²) in [6, 6.07) is 0. The van der Waals surface area contributed by atoms with E-state index in [1.165, 1.54) is 16.8 Å². The lowest BCUT2D eigenvalue weighted by molar-refractivity contribution is 0.422. The van der Waals surface area contributed by atoms with Crippen LogP contribution in [0.3, 0.4) is 0 Å². The Kier molecular flexibility index (Phi) is 3.03. The molecule has 1 unspecified atom stereocenters. The first kappa shape index (κ1) is 11.0. The molecule has 1 fully saturated rings. The molecule has 1 saturated heterocycles. The lowest BCUT2D eigenvalue weighted by Gasteiger charge is -2.28. The maximum atomic E-state index is 12.0. The number of H-pyrrole nitrogens is 1. The van der Waals surface area contributed by atoms with Crippen LogP contribution >= 0.6 is 11.8 Å². The van der Waals surface area contributed by atoms with Crippen molar-refractivity contribution in [1.82, 2.24) is 14.3 Å². The Labute approximate surface area is 93.3 Å². The van der Waals surface area contributed by atoms with E-state index in [4.69, 9.17) is 0 Å². The number of aromatic nitrogens is 2. The number of imidazole rings is 1. The summed E-state index contributed by atoms with van der Waals surface area (Å²) < 4.78 is 25.6. The first-order valence-electron chi connectivity index (χ1n) is 4.71. The summed E-state index contributed by atoms with van der Waals surface area (Å²) in [6.07, 6.45) is 2.73. The van der Waals surface area contributed by atoms with Gasteiger partial charge in [-0.3, -0.25) is 0 Å². The van der Waals surface area contributed by atoms with Gasteiger partial charge in [-0.15, -0.1) is 0 Å². The zero-order valence-electron chi connectivity index (χ0n) is 8.38. The van der Waals surface area contributed by atoms with E-state index < -0.39 is 10.0 Å². The largest absolute Gasteiger partial charge is 0.335 e. The molecule has 1 aliphatic heterocycles. The zero-order chi connectivity index (χ0) is 10.9. The topological polar surface area (TPSA) is 66.1 Å². The smallest absolute Gasteiger partial charge is 0.260 e. The zero-order valence-corrected chi connectivity index (χ0v) is 10.0. The average Bonchev–Trinajstić information content (AvgIpc) is 2.71. The highest BCUT2D eigenvalue weighted by Gasteiger charge is 2.29.